The third-order valence-electron chi connectivity index (χ3n) is 2.51. The van der Waals surface area contributed by atoms with E-state index in [4.69, 9.17) is 9.47 Å². The molecule has 17 heavy (non-hydrogen) atoms. The molecule has 0 unspecified atom stereocenters. The molecule has 1 N–H and O–H groups in total. The maximum atomic E-state index is 5.32. The molecule has 0 saturated heterocycles. The summed E-state index contributed by atoms with van der Waals surface area (Å²) in [5.74, 6) is 2.97. The van der Waals surface area contributed by atoms with Gasteiger partial charge < -0.3 is 14.8 Å². The summed E-state index contributed by atoms with van der Waals surface area (Å²) in [4.78, 5) is 0. The molecule has 96 valence electrons. The minimum absolute atomic E-state index is 0.814. The number of nitrogens with one attached hydrogen (secondary N) is 1. The lowest BCUT2D eigenvalue weighted by Crippen LogP contribution is -2.15. The van der Waals surface area contributed by atoms with Crippen LogP contribution in [0.15, 0.2) is 18.2 Å². The van der Waals surface area contributed by atoms with Crippen LogP contribution in [-0.4, -0.2) is 32.8 Å². The first kappa shape index (κ1) is 14.2. The Morgan fingerprint density at radius 2 is 2.06 bits per heavy atom. The van der Waals surface area contributed by atoms with E-state index in [1.807, 2.05) is 30.0 Å². The Hall–Kier alpha value is -0.870. The minimum Gasteiger partial charge on any atom is -0.497 e. The fourth-order valence-corrected chi connectivity index (χ4v) is 2.02. The smallest absolute Gasteiger partial charge is 0.123 e. The first-order valence-electron chi connectivity index (χ1n) is 5.72. The van der Waals surface area contributed by atoms with Gasteiger partial charge in [-0.05, 0) is 43.2 Å². The van der Waals surface area contributed by atoms with Gasteiger partial charge in [-0.3, -0.25) is 0 Å². The molecular formula is C13H21NO2S. The van der Waals surface area contributed by atoms with E-state index in [9.17, 15) is 0 Å². The predicted molar refractivity (Wildman–Crippen MR) is 74.3 cm³/mol. The van der Waals surface area contributed by atoms with Crippen molar-refractivity contribution in [2.45, 2.75) is 13.0 Å². The van der Waals surface area contributed by atoms with Gasteiger partial charge in [0, 0.05) is 12.1 Å². The molecule has 0 amide bonds. The zero-order valence-electron chi connectivity index (χ0n) is 10.8. The first-order valence-corrected chi connectivity index (χ1v) is 7.11. The molecule has 1 aromatic rings. The van der Waals surface area contributed by atoms with Gasteiger partial charge in [-0.15, -0.1) is 0 Å². The first-order chi connectivity index (χ1) is 8.31. The Balaban J connectivity index is 2.49. The summed E-state index contributed by atoms with van der Waals surface area (Å²) < 4.78 is 10.5. The van der Waals surface area contributed by atoms with Crippen molar-refractivity contribution in [2.75, 3.05) is 32.8 Å². The molecule has 1 aromatic carbocycles. The normalized spacial score (nSPS) is 10.3. The molecule has 0 bridgehead atoms. The zero-order valence-corrected chi connectivity index (χ0v) is 11.6. The second kappa shape index (κ2) is 8.25. The molecule has 0 heterocycles. The predicted octanol–water partition coefficient (Wildman–Crippen LogP) is 2.55. The number of ether oxygens (including phenoxy) is 2. The molecule has 1 rings (SSSR count). The van der Waals surface area contributed by atoms with Crippen LogP contribution in [0, 0.1) is 0 Å². The highest BCUT2D eigenvalue weighted by Crippen LogP contribution is 2.23. The van der Waals surface area contributed by atoms with Gasteiger partial charge in [-0.1, -0.05) is 0 Å². The SMILES string of the molecule is COc1ccc(OC)c(CNCCCSC)c1. The van der Waals surface area contributed by atoms with Crippen molar-refractivity contribution in [1.82, 2.24) is 5.32 Å². The van der Waals surface area contributed by atoms with Crippen LogP contribution < -0.4 is 14.8 Å². The molecule has 0 saturated carbocycles. The van der Waals surface area contributed by atoms with Gasteiger partial charge in [-0.2, -0.15) is 11.8 Å². The Kier molecular flexibility index (Phi) is 6.89. The lowest BCUT2D eigenvalue weighted by Gasteiger charge is -2.11. The lowest BCUT2D eigenvalue weighted by atomic mass is 10.2. The molecule has 0 aliphatic carbocycles. The summed E-state index contributed by atoms with van der Waals surface area (Å²) in [5, 5.41) is 3.41. The van der Waals surface area contributed by atoms with Gasteiger partial charge in [0.15, 0.2) is 0 Å². The largest absolute Gasteiger partial charge is 0.497 e. The molecule has 0 spiro atoms. The fourth-order valence-electron chi connectivity index (χ4n) is 1.58. The Bertz CT molecular complexity index is 331. The molecule has 0 atom stereocenters. The lowest BCUT2D eigenvalue weighted by molar-refractivity contribution is 0.397. The number of hydrogen-bond acceptors (Lipinski definition) is 4. The van der Waals surface area contributed by atoms with Crippen LogP contribution in [0.4, 0.5) is 0 Å². The second-order valence-corrected chi connectivity index (χ2v) is 4.69. The molecule has 3 nitrogen and oxygen atoms in total. The standard InChI is InChI=1S/C13H21NO2S/c1-15-12-5-6-13(16-2)11(9-12)10-14-7-4-8-17-3/h5-6,9,14H,4,7-8,10H2,1-3H3. The van der Waals surface area contributed by atoms with E-state index in [-0.39, 0.29) is 0 Å². The van der Waals surface area contributed by atoms with Crippen molar-refractivity contribution in [3.8, 4) is 11.5 Å². The number of hydrogen-bond donors (Lipinski definition) is 1. The summed E-state index contributed by atoms with van der Waals surface area (Å²) in [6.07, 6.45) is 3.32. The molecule has 0 radical (unpaired) electrons. The average Bonchev–Trinajstić information content (AvgIpc) is 2.38. The molecule has 0 aliphatic heterocycles. The summed E-state index contributed by atoms with van der Waals surface area (Å²) >= 11 is 1.88. The molecule has 4 heteroatoms. The maximum absolute atomic E-state index is 5.32. The summed E-state index contributed by atoms with van der Waals surface area (Å²) in [6, 6.07) is 5.87. The van der Waals surface area contributed by atoms with Crippen molar-refractivity contribution in [3.05, 3.63) is 23.8 Å². The van der Waals surface area contributed by atoms with Gasteiger partial charge >= 0.3 is 0 Å². The van der Waals surface area contributed by atoms with Crippen molar-refractivity contribution in [1.29, 1.82) is 0 Å². The fraction of sp³-hybridized carbons (Fsp3) is 0.538. The van der Waals surface area contributed by atoms with E-state index in [0.717, 1.165) is 30.2 Å². The third-order valence-corrected chi connectivity index (χ3v) is 3.20. The maximum Gasteiger partial charge on any atom is 0.123 e. The van der Waals surface area contributed by atoms with E-state index in [2.05, 4.69) is 11.6 Å². The van der Waals surface area contributed by atoms with Crippen LogP contribution in [0.5, 0.6) is 11.5 Å². The monoisotopic (exact) mass is 255 g/mol. The summed E-state index contributed by atoms with van der Waals surface area (Å²) in [7, 11) is 3.37. The highest BCUT2D eigenvalue weighted by Gasteiger charge is 2.04. The number of benzene rings is 1. The zero-order chi connectivity index (χ0) is 12.5. The average molecular weight is 255 g/mol. The van der Waals surface area contributed by atoms with E-state index >= 15 is 0 Å². The van der Waals surface area contributed by atoms with Gasteiger partial charge in [0.2, 0.25) is 0 Å². The molecular weight excluding hydrogens is 234 g/mol. The van der Waals surface area contributed by atoms with E-state index < -0.39 is 0 Å². The molecule has 0 aromatic heterocycles. The topological polar surface area (TPSA) is 30.5 Å². The van der Waals surface area contributed by atoms with E-state index in [1.165, 1.54) is 12.2 Å². The van der Waals surface area contributed by atoms with Gasteiger partial charge in [0.05, 0.1) is 14.2 Å². The van der Waals surface area contributed by atoms with Crippen LogP contribution >= 0.6 is 11.8 Å². The van der Waals surface area contributed by atoms with Crippen LogP contribution in [0.3, 0.4) is 0 Å². The summed E-state index contributed by atoms with van der Waals surface area (Å²) in [6.45, 7) is 1.84. The molecule has 0 aliphatic rings. The molecule has 0 fully saturated rings. The third kappa shape index (κ3) is 4.88. The highest BCUT2D eigenvalue weighted by atomic mass is 32.2. The minimum atomic E-state index is 0.814. The van der Waals surface area contributed by atoms with Gasteiger partial charge in [0.25, 0.3) is 0 Å². The van der Waals surface area contributed by atoms with E-state index in [1.54, 1.807) is 14.2 Å². The van der Waals surface area contributed by atoms with Crippen LogP contribution in [0.1, 0.15) is 12.0 Å². The van der Waals surface area contributed by atoms with Crippen molar-refractivity contribution >= 4 is 11.8 Å². The number of rotatable bonds is 8. The van der Waals surface area contributed by atoms with Gasteiger partial charge in [0.1, 0.15) is 11.5 Å². The Morgan fingerprint density at radius 3 is 2.71 bits per heavy atom. The van der Waals surface area contributed by atoms with E-state index in [0.29, 0.717) is 0 Å². The van der Waals surface area contributed by atoms with Crippen LogP contribution in [0.25, 0.3) is 0 Å². The van der Waals surface area contributed by atoms with Crippen LogP contribution in [0.2, 0.25) is 0 Å². The van der Waals surface area contributed by atoms with Crippen LogP contribution in [-0.2, 0) is 6.54 Å². The van der Waals surface area contributed by atoms with Crippen molar-refractivity contribution < 1.29 is 9.47 Å². The second-order valence-electron chi connectivity index (χ2n) is 3.70. The Labute approximate surface area is 108 Å². The Morgan fingerprint density at radius 1 is 1.24 bits per heavy atom. The number of methoxy groups -OCH3 is 2. The van der Waals surface area contributed by atoms with Gasteiger partial charge in [-0.25, -0.2) is 0 Å². The van der Waals surface area contributed by atoms with Crippen molar-refractivity contribution in [3.63, 3.8) is 0 Å². The summed E-state index contributed by atoms with van der Waals surface area (Å²) in [5.41, 5.74) is 1.14. The quantitative estimate of drug-likeness (QED) is 0.723. The van der Waals surface area contributed by atoms with Crippen molar-refractivity contribution in [2.24, 2.45) is 0 Å². The highest BCUT2D eigenvalue weighted by molar-refractivity contribution is 7.98. The number of thioether (sulfide) groups is 1.